The van der Waals surface area contributed by atoms with E-state index in [9.17, 15) is 13.9 Å². The summed E-state index contributed by atoms with van der Waals surface area (Å²) < 4.78 is 26.9. The molecule has 0 aliphatic heterocycles. The first-order chi connectivity index (χ1) is 12.5. The average molecular weight is 489 g/mol. The van der Waals surface area contributed by atoms with Crippen molar-refractivity contribution in [2.75, 3.05) is 19.6 Å². The van der Waals surface area contributed by atoms with Crippen molar-refractivity contribution >= 4 is 29.9 Å². The van der Waals surface area contributed by atoms with Crippen LogP contribution in [0.2, 0.25) is 0 Å². The molecule has 2 rings (SSSR count). The molecule has 7 heteroatoms. The number of aliphatic hydroxyl groups is 1. The Morgan fingerprint density at radius 3 is 2.56 bits per heavy atom. The average Bonchev–Trinajstić information content (AvgIpc) is 2.61. The second-order valence-electron chi connectivity index (χ2n) is 6.00. The Morgan fingerprint density at radius 1 is 1.15 bits per heavy atom. The normalized spacial score (nSPS) is 12.3. The number of aliphatic imine (C=N–C) groups is 1. The van der Waals surface area contributed by atoms with Crippen LogP contribution in [0.1, 0.15) is 29.7 Å². The highest BCUT2D eigenvalue weighted by molar-refractivity contribution is 14.0. The molecule has 1 atom stereocenters. The Bertz CT molecular complexity index is 756. The smallest absolute Gasteiger partial charge is 0.191 e. The van der Waals surface area contributed by atoms with E-state index in [1.54, 1.807) is 24.3 Å². The van der Waals surface area contributed by atoms with E-state index in [1.165, 1.54) is 18.2 Å². The van der Waals surface area contributed by atoms with E-state index < -0.39 is 11.9 Å². The third kappa shape index (κ3) is 7.42. The van der Waals surface area contributed by atoms with E-state index in [2.05, 4.69) is 15.6 Å². The lowest BCUT2D eigenvalue weighted by molar-refractivity contribution is 0.182. The number of aliphatic hydroxyl groups excluding tert-OH is 1. The fraction of sp³-hybridized carbons (Fsp3) is 0.350. The van der Waals surface area contributed by atoms with Crippen LogP contribution in [0.4, 0.5) is 8.78 Å². The summed E-state index contributed by atoms with van der Waals surface area (Å²) in [4.78, 5) is 4.32. The Kier molecular flexibility index (Phi) is 10.2. The number of hydrogen-bond donors (Lipinski definition) is 3. The van der Waals surface area contributed by atoms with Crippen molar-refractivity contribution in [2.45, 2.75) is 26.4 Å². The zero-order valence-corrected chi connectivity index (χ0v) is 17.8. The minimum absolute atomic E-state index is 0. The van der Waals surface area contributed by atoms with Gasteiger partial charge in [-0.2, -0.15) is 0 Å². The number of rotatable bonds is 7. The number of guanidine groups is 1. The van der Waals surface area contributed by atoms with Gasteiger partial charge < -0.3 is 15.7 Å². The van der Waals surface area contributed by atoms with Gasteiger partial charge in [0.05, 0.1) is 6.54 Å². The molecule has 0 spiro atoms. The minimum Gasteiger partial charge on any atom is -0.386 e. The summed E-state index contributed by atoms with van der Waals surface area (Å²) in [6.07, 6.45) is -0.294. The van der Waals surface area contributed by atoms with Gasteiger partial charge in [0.15, 0.2) is 5.96 Å². The molecule has 0 amide bonds. The largest absolute Gasteiger partial charge is 0.386 e. The van der Waals surface area contributed by atoms with Crippen LogP contribution in [0, 0.1) is 18.6 Å². The quantitative estimate of drug-likeness (QED) is 0.316. The maximum Gasteiger partial charge on any atom is 0.191 e. The van der Waals surface area contributed by atoms with Crippen molar-refractivity contribution in [1.82, 2.24) is 10.6 Å². The van der Waals surface area contributed by atoms with Crippen LogP contribution in [-0.4, -0.2) is 30.7 Å². The molecule has 0 aliphatic carbocycles. The number of nitrogens with zero attached hydrogens (tertiary/aromatic N) is 1. The van der Waals surface area contributed by atoms with Gasteiger partial charge in [0.25, 0.3) is 0 Å². The first-order valence-corrected chi connectivity index (χ1v) is 8.71. The number of halogens is 3. The molecule has 1 unspecified atom stereocenters. The Balaban J connectivity index is 0.00000364. The molecule has 27 heavy (non-hydrogen) atoms. The van der Waals surface area contributed by atoms with Gasteiger partial charge >= 0.3 is 0 Å². The van der Waals surface area contributed by atoms with Gasteiger partial charge in [-0.15, -0.1) is 24.0 Å². The molecular weight excluding hydrogens is 463 g/mol. The molecule has 0 saturated carbocycles. The summed E-state index contributed by atoms with van der Waals surface area (Å²) in [5.74, 6) is -0.140. The molecule has 3 N–H and O–H groups in total. The van der Waals surface area contributed by atoms with Crippen LogP contribution < -0.4 is 10.6 Å². The molecule has 0 radical (unpaired) electrons. The van der Waals surface area contributed by atoms with Crippen LogP contribution in [0.5, 0.6) is 0 Å². The van der Waals surface area contributed by atoms with Crippen molar-refractivity contribution in [2.24, 2.45) is 4.99 Å². The molecule has 0 aliphatic rings. The SMILES string of the molecule is CCNC(=NCC(O)c1ccccc1F)NCCc1ccc(F)cc1C.I. The Hall–Kier alpha value is -1.74. The molecular formula is C20H26F2IN3O. The van der Waals surface area contributed by atoms with Crippen molar-refractivity contribution in [3.8, 4) is 0 Å². The Labute approximate surface area is 176 Å². The van der Waals surface area contributed by atoms with E-state index in [0.717, 1.165) is 11.1 Å². The molecule has 0 saturated heterocycles. The third-order valence-electron chi connectivity index (χ3n) is 4.02. The summed E-state index contributed by atoms with van der Waals surface area (Å²) in [7, 11) is 0. The van der Waals surface area contributed by atoms with Gasteiger partial charge in [-0.05, 0) is 49.6 Å². The molecule has 2 aromatic rings. The van der Waals surface area contributed by atoms with Crippen LogP contribution >= 0.6 is 24.0 Å². The highest BCUT2D eigenvalue weighted by atomic mass is 127. The predicted molar refractivity (Wildman–Crippen MR) is 116 cm³/mol. The highest BCUT2D eigenvalue weighted by Gasteiger charge is 2.12. The van der Waals surface area contributed by atoms with Gasteiger partial charge in [-0.1, -0.05) is 24.3 Å². The highest BCUT2D eigenvalue weighted by Crippen LogP contribution is 2.16. The lowest BCUT2D eigenvalue weighted by Gasteiger charge is -2.14. The monoisotopic (exact) mass is 489 g/mol. The summed E-state index contributed by atoms with van der Waals surface area (Å²) in [6.45, 7) is 5.13. The van der Waals surface area contributed by atoms with Crippen LogP contribution in [0.3, 0.4) is 0 Å². The zero-order valence-electron chi connectivity index (χ0n) is 15.5. The van der Waals surface area contributed by atoms with Crippen LogP contribution in [0.15, 0.2) is 47.5 Å². The van der Waals surface area contributed by atoms with E-state index in [-0.39, 0.29) is 41.9 Å². The van der Waals surface area contributed by atoms with Gasteiger partial charge in [0.2, 0.25) is 0 Å². The molecule has 0 fully saturated rings. The van der Waals surface area contributed by atoms with Gasteiger partial charge in [0, 0.05) is 18.7 Å². The predicted octanol–water partition coefficient (Wildman–Crippen LogP) is 3.72. The standard InChI is InChI=1S/C20H25F2N3O.HI/c1-3-23-20(24-11-10-15-8-9-16(21)12-14(15)2)25-13-19(26)17-6-4-5-7-18(17)22;/h4-9,12,19,26H,3,10-11,13H2,1-2H3,(H2,23,24,25);1H. The Morgan fingerprint density at radius 2 is 1.89 bits per heavy atom. The molecule has 0 heterocycles. The number of aryl methyl sites for hydroxylation is 1. The van der Waals surface area contributed by atoms with E-state index in [1.807, 2.05) is 13.8 Å². The maximum atomic E-state index is 13.7. The maximum absolute atomic E-state index is 13.7. The summed E-state index contributed by atoms with van der Waals surface area (Å²) in [5, 5.41) is 16.4. The summed E-state index contributed by atoms with van der Waals surface area (Å²) in [6, 6.07) is 10.9. The molecule has 148 valence electrons. The van der Waals surface area contributed by atoms with Crippen molar-refractivity contribution in [1.29, 1.82) is 0 Å². The van der Waals surface area contributed by atoms with E-state index >= 15 is 0 Å². The van der Waals surface area contributed by atoms with Crippen LogP contribution in [-0.2, 0) is 6.42 Å². The van der Waals surface area contributed by atoms with Gasteiger partial charge in [-0.25, -0.2) is 8.78 Å². The minimum atomic E-state index is -1.01. The van der Waals surface area contributed by atoms with E-state index in [0.29, 0.717) is 25.5 Å². The summed E-state index contributed by atoms with van der Waals surface area (Å²) in [5.41, 5.74) is 2.19. The molecule has 0 aromatic heterocycles. The van der Waals surface area contributed by atoms with Crippen molar-refractivity contribution < 1.29 is 13.9 Å². The van der Waals surface area contributed by atoms with E-state index in [4.69, 9.17) is 0 Å². The van der Waals surface area contributed by atoms with Crippen molar-refractivity contribution in [3.05, 3.63) is 70.8 Å². The molecule has 4 nitrogen and oxygen atoms in total. The number of nitrogens with one attached hydrogen (secondary N) is 2. The second kappa shape index (κ2) is 11.9. The fourth-order valence-electron chi connectivity index (χ4n) is 2.62. The lowest BCUT2D eigenvalue weighted by Crippen LogP contribution is -2.38. The zero-order chi connectivity index (χ0) is 18.9. The lowest BCUT2D eigenvalue weighted by atomic mass is 10.1. The van der Waals surface area contributed by atoms with Gasteiger partial charge in [0.1, 0.15) is 17.7 Å². The molecule has 0 bridgehead atoms. The fourth-order valence-corrected chi connectivity index (χ4v) is 2.62. The topological polar surface area (TPSA) is 56.7 Å². The van der Waals surface area contributed by atoms with Crippen molar-refractivity contribution in [3.63, 3.8) is 0 Å². The second-order valence-corrected chi connectivity index (χ2v) is 6.00. The summed E-state index contributed by atoms with van der Waals surface area (Å²) >= 11 is 0. The number of hydrogen-bond acceptors (Lipinski definition) is 2. The first kappa shape index (κ1) is 23.3. The third-order valence-corrected chi connectivity index (χ3v) is 4.02. The number of benzene rings is 2. The van der Waals surface area contributed by atoms with Crippen LogP contribution in [0.25, 0.3) is 0 Å². The first-order valence-electron chi connectivity index (χ1n) is 8.71. The molecule has 2 aromatic carbocycles. The van der Waals surface area contributed by atoms with Gasteiger partial charge in [-0.3, -0.25) is 4.99 Å².